The minimum absolute atomic E-state index is 0.334. The van der Waals surface area contributed by atoms with Crippen molar-refractivity contribution < 1.29 is 9.53 Å². The van der Waals surface area contributed by atoms with E-state index in [0.29, 0.717) is 22.9 Å². The van der Waals surface area contributed by atoms with Gasteiger partial charge in [0, 0.05) is 0 Å². The summed E-state index contributed by atoms with van der Waals surface area (Å²) in [6.45, 7) is 2.68. The number of esters is 1. The fraction of sp³-hybridized carbons (Fsp3) is 0.562. The Hall–Kier alpha value is -1.22. The molecule has 0 radical (unpaired) electrons. The summed E-state index contributed by atoms with van der Waals surface area (Å²) < 4.78 is 5.21. The van der Waals surface area contributed by atoms with Gasteiger partial charge in [0.2, 0.25) is 0 Å². The van der Waals surface area contributed by atoms with Crippen molar-refractivity contribution in [3.63, 3.8) is 0 Å². The molecule has 0 fully saturated rings. The molecule has 0 saturated carbocycles. The second-order valence-corrected chi connectivity index (χ2v) is 5.40. The van der Waals surface area contributed by atoms with Crippen LogP contribution in [0.15, 0.2) is 18.2 Å². The molecule has 3 nitrogen and oxygen atoms in total. The van der Waals surface area contributed by atoms with Crippen molar-refractivity contribution in [3.8, 4) is 0 Å². The largest absolute Gasteiger partial charge is 0.462 e. The number of nitrogens with two attached hydrogens (primary N) is 1. The molecule has 20 heavy (non-hydrogen) atoms. The second kappa shape index (κ2) is 9.65. The third-order valence-electron chi connectivity index (χ3n) is 3.21. The summed E-state index contributed by atoms with van der Waals surface area (Å²) in [5.41, 5.74) is 6.51. The first kappa shape index (κ1) is 16.8. The quantitative estimate of drug-likeness (QED) is 0.403. The standard InChI is InChI=1S/C16H24ClNO2/c1-2-3-4-5-6-7-8-11-20-16(19)13-9-10-14(17)15(18)12-13/h9-10,12H,2-8,11,18H2,1H3. The molecule has 0 aliphatic rings. The molecule has 1 aromatic carbocycles. The van der Waals surface area contributed by atoms with Crippen LogP contribution >= 0.6 is 11.6 Å². The molecular formula is C16H24ClNO2. The summed E-state index contributed by atoms with van der Waals surface area (Å²) in [5, 5.41) is 0.452. The fourth-order valence-corrected chi connectivity index (χ4v) is 2.10. The van der Waals surface area contributed by atoms with Gasteiger partial charge in [0.1, 0.15) is 0 Å². The molecule has 0 bridgehead atoms. The van der Waals surface area contributed by atoms with E-state index < -0.39 is 0 Å². The van der Waals surface area contributed by atoms with E-state index in [1.165, 1.54) is 32.1 Å². The van der Waals surface area contributed by atoms with Gasteiger partial charge in [0.15, 0.2) is 0 Å². The van der Waals surface area contributed by atoms with Gasteiger partial charge in [-0.25, -0.2) is 4.79 Å². The van der Waals surface area contributed by atoms with Gasteiger partial charge < -0.3 is 10.5 Å². The number of ether oxygens (including phenoxy) is 1. The van der Waals surface area contributed by atoms with E-state index in [2.05, 4.69) is 6.92 Å². The minimum Gasteiger partial charge on any atom is -0.462 e. The van der Waals surface area contributed by atoms with Crippen molar-refractivity contribution in [2.75, 3.05) is 12.3 Å². The number of nitrogen functional groups attached to an aromatic ring is 1. The molecule has 4 heteroatoms. The highest BCUT2D eigenvalue weighted by atomic mass is 35.5. The van der Waals surface area contributed by atoms with E-state index in [1.807, 2.05) is 0 Å². The zero-order chi connectivity index (χ0) is 14.8. The first-order chi connectivity index (χ1) is 9.65. The van der Waals surface area contributed by atoms with Crippen molar-refractivity contribution in [2.24, 2.45) is 0 Å². The number of benzene rings is 1. The minimum atomic E-state index is -0.334. The van der Waals surface area contributed by atoms with Crippen LogP contribution < -0.4 is 5.73 Å². The molecule has 0 unspecified atom stereocenters. The van der Waals surface area contributed by atoms with Crippen LogP contribution in [0.1, 0.15) is 62.2 Å². The zero-order valence-corrected chi connectivity index (χ0v) is 12.9. The summed E-state index contributed by atoms with van der Waals surface area (Å²) in [4.78, 5) is 11.8. The molecule has 0 atom stereocenters. The van der Waals surface area contributed by atoms with Gasteiger partial charge in [-0.1, -0.05) is 57.0 Å². The third-order valence-corrected chi connectivity index (χ3v) is 3.56. The van der Waals surface area contributed by atoms with Gasteiger partial charge in [-0.05, 0) is 24.6 Å². The Morgan fingerprint density at radius 2 is 1.80 bits per heavy atom. The lowest BCUT2D eigenvalue weighted by atomic mass is 10.1. The lowest BCUT2D eigenvalue weighted by Gasteiger charge is -2.06. The molecule has 2 N–H and O–H groups in total. The predicted molar refractivity (Wildman–Crippen MR) is 84.1 cm³/mol. The highest BCUT2D eigenvalue weighted by Gasteiger charge is 2.08. The van der Waals surface area contributed by atoms with Crippen LogP contribution in [-0.2, 0) is 4.74 Å². The Kier molecular flexibility index (Phi) is 8.12. The van der Waals surface area contributed by atoms with Crippen molar-refractivity contribution in [2.45, 2.75) is 51.9 Å². The third kappa shape index (κ3) is 6.29. The fourth-order valence-electron chi connectivity index (χ4n) is 1.98. The lowest BCUT2D eigenvalue weighted by Crippen LogP contribution is -2.07. The number of unbranched alkanes of at least 4 members (excludes halogenated alkanes) is 6. The highest BCUT2D eigenvalue weighted by Crippen LogP contribution is 2.20. The Labute approximate surface area is 126 Å². The number of halogens is 1. The summed E-state index contributed by atoms with van der Waals surface area (Å²) >= 11 is 5.81. The van der Waals surface area contributed by atoms with E-state index in [4.69, 9.17) is 22.1 Å². The molecular weight excluding hydrogens is 274 g/mol. The molecule has 0 aromatic heterocycles. The van der Waals surface area contributed by atoms with E-state index in [0.717, 1.165) is 12.8 Å². The van der Waals surface area contributed by atoms with Crippen LogP contribution in [0.5, 0.6) is 0 Å². The van der Waals surface area contributed by atoms with Gasteiger partial charge in [-0.3, -0.25) is 0 Å². The monoisotopic (exact) mass is 297 g/mol. The van der Waals surface area contributed by atoms with Crippen LogP contribution in [0, 0.1) is 0 Å². The number of carbonyl (C=O) groups is 1. The average molecular weight is 298 g/mol. The van der Waals surface area contributed by atoms with Crippen LogP contribution in [0.3, 0.4) is 0 Å². The van der Waals surface area contributed by atoms with Crippen LogP contribution in [-0.4, -0.2) is 12.6 Å². The maximum absolute atomic E-state index is 11.8. The molecule has 0 amide bonds. The topological polar surface area (TPSA) is 52.3 Å². The van der Waals surface area contributed by atoms with Gasteiger partial charge in [-0.2, -0.15) is 0 Å². The zero-order valence-electron chi connectivity index (χ0n) is 12.2. The van der Waals surface area contributed by atoms with Crippen molar-refractivity contribution in [3.05, 3.63) is 28.8 Å². The summed E-state index contributed by atoms with van der Waals surface area (Å²) in [5.74, 6) is -0.334. The summed E-state index contributed by atoms with van der Waals surface area (Å²) in [7, 11) is 0. The highest BCUT2D eigenvalue weighted by molar-refractivity contribution is 6.33. The summed E-state index contributed by atoms with van der Waals surface area (Å²) in [6.07, 6.45) is 8.40. The van der Waals surface area contributed by atoms with E-state index in [9.17, 15) is 4.79 Å². The number of carbonyl (C=O) groups excluding carboxylic acids is 1. The molecule has 1 rings (SSSR count). The molecule has 0 heterocycles. The molecule has 0 spiro atoms. The smallest absolute Gasteiger partial charge is 0.338 e. The van der Waals surface area contributed by atoms with E-state index in [-0.39, 0.29) is 5.97 Å². The second-order valence-electron chi connectivity index (χ2n) is 4.99. The van der Waals surface area contributed by atoms with Crippen molar-refractivity contribution in [1.29, 1.82) is 0 Å². The Morgan fingerprint density at radius 1 is 1.15 bits per heavy atom. The molecule has 0 aliphatic heterocycles. The predicted octanol–water partition coefficient (Wildman–Crippen LogP) is 4.83. The van der Waals surface area contributed by atoms with Gasteiger partial charge in [0.25, 0.3) is 0 Å². The van der Waals surface area contributed by atoms with E-state index in [1.54, 1.807) is 18.2 Å². The molecule has 0 aliphatic carbocycles. The normalized spacial score (nSPS) is 10.5. The van der Waals surface area contributed by atoms with Crippen LogP contribution in [0.4, 0.5) is 5.69 Å². The average Bonchev–Trinajstić information content (AvgIpc) is 2.44. The van der Waals surface area contributed by atoms with Crippen molar-refractivity contribution in [1.82, 2.24) is 0 Å². The first-order valence-electron chi connectivity index (χ1n) is 7.37. The first-order valence-corrected chi connectivity index (χ1v) is 7.75. The van der Waals surface area contributed by atoms with Gasteiger partial charge in [0.05, 0.1) is 22.9 Å². The van der Waals surface area contributed by atoms with Gasteiger partial charge in [-0.15, -0.1) is 0 Å². The van der Waals surface area contributed by atoms with Crippen molar-refractivity contribution >= 4 is 23.3 Å². The molecule has 1 aromatic rings. The number of rotatable bonds is 9. The Balaban J connectivity index is 2.15. The van der Waals surface area contributed by atoms with Gasteiger partial charge >= 0.3 is 5.97 Å². The molecule has 112 valence electrons. The molecule has 0 saturated heterocycles. The maximum atomic E-state index is 11.8. The lowest BCUT2D eigenvalue weighted by molar-refractivity contribution is 0.0497. The SMILES string of the molecule is CCCCCCCCCOC(=O)c1ccc(Cl)c(N)c1. The number of anilines is 1. The Bertz CT molecular complexity index is 421. The van der Waals surface area contributed by atoms with E-state index >= 15 is 0 Å². The maximum Gasteiger partial charge on any atom is 0.338 e. The van der Waals surface area contributed by atoms with Crippen LogP contribution in [0.25, 0.3) is 0 Å². The number of hydrogen-bond donors (Lipinski definition) is 1. The summed E-state index contributed by atoms with van der Waals surface area (Å²) in [6, 6.07) is 4.79. The number of hydrogen-bond acceptors (Lipinski definition) is 3. The Morgan fingerprint density at radius 3 is 2.45 bits per heavy atom. The van der Waals surface area contributed by atoms with Crippen LogP contribution in [0.2, 0.25) is 5.02 Å².